The van der Waals surface area contributed by atoms with E-state index in [1.807, 2.05) is 48.5 Å². The number of rotatable bonds is 3. The van der Waals surface area contributed by atoms with Gasteiger partial charge in [-0.15, -0.1) is 0 Å². The van der Waals surface area contributed by atoms with Crippen LogP contribution in [0.1, 0.15) is 10.4 Å². The molecule has 0 radical (unpaired) electrons. The highest BCUT2D eigenvalue weighted by Crippen LogP contribution is 2.30. The minimum Gasteiger partial charge on any atom is -0.497 e. The SMILES string of the molecule is COc1ccc(-c2[nH]c3ccccc3c2C(N)=O)cc1. The molecule has 0 saturated carbocycles. The second kappa shape index (κ2) is 4.74. The number of carbonyl (C=O) groups excluding carboxylic acids is 1. The first-order valence-corrected chi connectivity index (χ1v) is 6.25. The normalized spacial score (nSPS) is 10.7. The van der Waals surface area contributed by atoms with E-state index in [1.54, 1.807) is 7.11 Å². The molecule has 20 heavy (non-hydrogen) atoms. The van der Waals surface area contributed by atoms with Crippen molar-refractivity contribution < 1.29 is 9.53 Å². The number of aromatic amines is 1. The molecule has 1 amide bonds. The maximum atomic E-state index is 11.8. The summed E-state index contributed by atoms with van der Waals surface area (Å²) in [5.74, 6) is 0.332. The molecule has 1 heterocycles. The first kappa shape index (κ1) is 12.3. The Morgan fingerprint density at radius 2 is 1.80 bits per heavy atom. The third-order valence-electron chi connectivity index (χ3n) is 3.33. The van der Waals surface area contributed by atoms with Crippen molar-refractivity contribution in [3.05, 3.63) is 54.1 Å². The number of para-hydroxylation sites is 1. The molecule has 4 heteroatoms. The van der Waals surface area contributed by atoms with E-state index in [0.29, 0.717) is 5.56 Å². The van der Waals surface area contributed by atoms with Crippen LogP contribution in [0, 0.1) is 0 Å². The number of H-pyrrole nitrogens is 1. The largest absolute Gasteiger partial charge is 0.497 e. The van der Waals surface area contributed by atoms with Gasteiger partial charge in [0, 0.05) is 10.9 Å². The molecular formula is C16H14N2O2. The fourth-order valence-corrected chi connectivity index (χ4v) is 2.37. The standard InChI is InChI=1S/C16H14N2O2/c1-20-11-8-6-10(7-9-11)15-14(16(17)19)12-4-2-3-5-13(12)18-15/h2-9,18H,1H3,(H2,17,19). The van der Waals surface area contributed by atoms with E-state index < -0.39 is 5.91 Å². The van der Waals surface area contributed by atoms with Gasteiger partial charge >= 0.3 is 0 Å². The molecule has 0 spiro atoms. The first-order chi connectivity index (χ1) is 9.70. The number of ether oxygens (including phenoxy) is 1. The van der Waals surface area contributed by atoms with Crippen LogP contribution in [-0.4, -0.2) is 18.0 Å². The summed E-state index contributed by atoms with van der Waals surface area (Å²) < 4.78 is 5.14. The van der Waals surface area contributed by atoms with Crippen LogP contribution in [0.4, 0.5) is 0 Å². The van der Waals surface area contributed by atoms with E-state index in [4.69, 9.17) is 10.5 Å². The summed E-state index contributed by atoms with van der Waals surface area (Å²) in [6.45, 7) is 0. The lowest BCUT2D eigenvalue weighted by Crippen LogP contribution is -2.11. The average Bonchev–Trinajstić information content (AvgIpc) is 2.86. The van der Waals surface area contributed by atoms with Crippen LogP contribution in [0.25, 0.3) is 22.2 Å². The number of hydrogen-bond donors (Lipinski definition) is 2. The molecule has 0 unspecified atom stereocenters. The summed E-state index contributed by atoms with van der Waals surface area (Å²) in [6.07, 6.45) is 0. The van der Waals surface area contributed by atoms with Gasteiger partial charge in [0.05, 0.1) is 18.4 Å². The summed E-state index contributed by atoms with van der Waals surface area (Å²) in [7, 11) is 1.62. The van der Waals surface area contributed by atoms with Gasteiger partial charge in [0.25, 0.3) is 5.91 Å². The number of aromatic nitrogens is 1. The summed E-state index contributed by atoms with van der Waals surface area (Å²) in [6, 6.07) is 15.1. The van der Waals surface area contributed by atoms with Crippen molar-refractivity contribution in [1.29, 1.82) is 0 Å². The molecule has 0 aliphatic rings. The molecule has 100 valence electrons. The Balaban J connectivity index is 2.23. The molecule has 0 saturated heterocycles. The maximum absolute atomic E-state index is 11.8. The third kappa shape index (κ3) is 1.91. The van der Waals surface area contributed by atoms with Crippen LogP contribution in [0.5, 0.6) is 5.75 Å². The number of primary amides is 1. The fourth-order valence-electron chi connectivity index (χ4n) is 2.37. The molecule has 0 atom stereocenters. The predicted molar refractivity (Wildman–Crippen MR) is 78.8 cm³/mol. The van der Waals surface area contributed by atoms with Crippen molar-refractivity contribution >= 4 is 16.8 Å². The zero-order valence-corrected chi connectivity index (χ0v) is 11.0. The Kier molecular flexibility index (Phi) is 2.91. The van der Waals surface area contributed by atoms with Gasteiger partial charge in [0.15, 0.2) is 0 Å². The number of methoxy groups -OCH3 is 1. The molecular weight excluding hydrogens is 252 g/mol. The number of amides is 1. The molecule has 0 aliphatic heterocycles. The van der Waals surface area contributed by atoms with E-state index >= 15 is 0 Å². The van der Waals surface area contributed by atoms with Crippen LogP contribution < -0.4 is 10.5 Å². The van der Waals surface area contributed by atoms with Gasteiger partial charge in [-0.25, -0.2) is 0 Å². The van der Waals surface area contributed by atoms with E-state index in [2.05, 4.69) is 4.98 Å². The van der Waals surface area contributed by atoms with Gasteiger partial charge in [-0.05, 0) is 35.9 Å². The van der Waals surface area contributed by atoms with Crippen molar-refractivity contribution in [3.63, 3.8) is 0 Å². The highest BCUT2D eigenvalue weighted by atomic mass is 16.5. The summed E-state index contributed by atoms with van der Waals surface area (Å²) >= 11 is 0. The van der Waals surface area contributed by atoms with E-state index in [9.17, 15) is 4.79 Å². The molecule has 3 aromatic rings. The Hall–Kier alpha value is -2.75. The third-order valence-corrected chi connectivity index (χ3v) is 3.33. The van der Waals surface area contributed by atoms with Crippen LogP contribution in [0.3, 0.4) is 0 Å². The molecule has 1 aromatic heterocycles. The fraction of sp³-hybridized carbons (Fsp3) is 0.0625. The van der Waals surface area contributed by atoms with Crippen LogP contribution in [0.2, 0.25) is 0 Å². The van der Waals surface area contributed by atoms with Gasteiger partial charge in [-0.1, -0.05) is 18.2 Å². The molecule has 0 fully saturated rings. The van der Waals surface area contributed by atoms with E-state index in [-0.39, 0.29) is 0 Å². The molecule has 2 aromatic carbocycles. The summed E-state index contributed by atoms with van der Waals surface area (Å²) in [5.41, 5.74) is 8.59. The molecule has 4 nitrogen and oxygen atoms in total. The summed E-state index contributed by atoms with van der Waals surface area (Å²) in [5, 5.41) is 0.839. The predicted octanol–water partition coefficient (Wildman–Crippen LogP) is 2.94. The van der Waals surface area contributed by atoms with Crippen molar-refractivity contribution in [3.8, 4) is 17.0 Å². The van der Waals surface area contributed by atoms with E-state index in [0.717, 1.165) is 27.9 Å². The smallest absolute Gasteiger partial charge is 0.251 e. The second-order valence-electron chi connectivity index (χ2n) is 4.51. The number of carbonyl (C=O) groups is 1. The number of fused-ring (bicyclic) bond motifs is 1. The van der Waals surface area contributed by atoms with Crippen molar-refractivity contribution in [2.45, 2.75) is 0 Å². The molecule has 3 rings (SSSR count). The van der Waals surface area contributed by atoms with Gasteiger partial charge < -0.3 is 15.5 Å². The zero-order chi connectivity index (χ0) is 14.1. The monoisotopic (exact) mass is 266 g/mol. The Labute approximate surface area is 116 Å². The zero-order valence-electron chi connectivity index (χ0n) is 11.0. The highest BCUT2D eigenvalue weighted by Gasteiger charge is 2.17. The number of nitrogens with two attached hydrogens (primary N) is 1. The van der Waals surface area contributed by atoms with Crippen molar-refractivity contribution in [2.24, 2.45) is 5.73 Å². The van der Waals surface area contributed by atoms with Crippen LogP contribution >= 0.6 is 0 Å². The number of hydrogen-bond acceptors (Lipinski definition) is 2. The first-order valence-electron chi connectivity index (χ1n) is 6.25. The van der Waals surface area contributed by atoms with Gasteiger partial charge in [0.2, 0.25) is 0 Å². The minimum atomic E-state index is -0.437. The highest BCUT2D eigenvalue weighted by molar-refractivity contribution is 6.11. The topological polar surface area (TPSA) is 68.1 Å². The Morgan fingerprint density at radius 1 is 1.10 bits per heavy atom. The van der Waals surface area contributed by atoms with Gasteiger partial charge in [-0.2, -0.15) is 0 Å². The van der Waals surface area contributed by atoms with Crippen LogP contribution in [-0.2, 0) is 0 Å². The Morgan fingerprint density at radius 3 is 2.45 bits per heavy atom. The van der Waals surface area contributed by atoms with Crippen molar-refractivity contribution in [2.75, 3.05) is 7.11 Å². The van der Waals surface area contributed by atoms with Gasteiger partial charge in [-0.3, -0.25) is 4.79 Å². The summed E-state index contributed by atoms with van der Waals surface area (Å²) in [4.78, 5) is 15.0. The maximum Gasteiger partial charge on any atom is 0.251 e. The van der Waals surface area contributed by atoms with Gasteiger partial charge in [0.1, 0.15) is 5.75 Å². The average molecular weight is 266 g/mol. The molecule has 0 aliphatic carbocycles. The lowest BCUT2D eigenvalue weighted by molar-refractivity contribution is 0.100. The molecule has 3 N–H and O–H groups in total. The number of nitrogens with one attached hydrogen (secondary N) is 1. The van der Waals surface area contributed by atoms with E-state index in [1.165, 1.54) is 0 Å². The van der Waals surface area contributed by atoms with Crippen molar-refractivity contribution in [1.82, 2.24) is 4.98 Å². The number of benzene rings is 2. The lowest BCUT2D eigenvalue weighted by Gasteiger charge is -2.03. The quantitative estimate of drug-likeness (QED) is 0.765. The minimum absolute atomic E-state index is 0.437. The van der Waals surface area contributed by atoms with Crippen LogP contribution in [0.15, 0.2) is 48.5 Å². The lowest BCUT2D eigenvalue weighted by atomic mass is 10.0. The Bertz CT molecular complexity index is 773. The molecule has 0 bridgehead atoms. The second-order valence-corrected chi connectivity index (χ2v) is 4.51.